The van der Waals surface area contributed by atoms with Crippen molar-refractivity contribution in [2.75, 3.05) is 13.1 Å². The van der Waals surface area contributed by atoms with Crippen molar-refractivity contribution >= 4 is 44.6 Å². The number of hydrogen-bond acceptors (Lipinski definition) is 5. The van der Waals surface area contributed by atoms with Gasteiger partial charge >= 0.3 is 0 Å². The van der Waals surface area contributed by atoms with Gasteiger partial charge in [-0.25, -0.2) is 13.4 Å². The summed E-state index contributed by atoms with van der Waals surface area (Å²) >= 11 is 13.4. The second kappa shape index (κ2) is 5.98. The molecular formula is C13H12Cl2N2O3S2. The number of sulfonamides is 1. The van der Waals surface area contributed by atoms with Crippen LogP contribution in [0.3, 0.4) is 0 Å². The van der Waals surface area contributed by atoms with Crippen LogP contribution in [0.4, 0.5) is 0 Å². The van der Waals surface area contributed by atoms with E-state index in [4.69, 9.17) is 27.9 Å². The molecule has 0 radical (unpaired) electrons. The fourth-order valence-electron chi connectivity index (χ4n) is 2.05. The molecule has 1 fully saturated rings. The molecule has 0 aliphatic carbocycles. The number of nitrogens with zero attached hydrogens (tertiary/aromatic N) is 2. The molecule has 118 valence electrons. The SMILES string of the molecule is Cc1cc(S(=O)(=O)N2CC(Oc3nccs3)C2)c(Cl)cc1Cl. The fraction of sp³-hybridized carbons (Fsp3) is 0.308. The summed E-state index contributed by atoms with van der Waals surface area (Å²) in [6, 6.07) is 2.95. The molecule has 0 bridgehead atoms. The van der Waals surface area contributed by atoms with Crippen LogP contribution >= 0.6 is 34.5 Å². The van der Waals surface area contributed by atoms with Gasteiger partial charge in [-0.3, -0.25) is 0 Å². The van der Waals surface area contributed by atoms with Gasteiger partial charge in [-0.05, 0) is 24.6 Å². The van der Waals surface area contributed by atoms with E-state index in [0.29, 0.717) is 15.8 Å². The van der Waals surface area contributed by atoms with Crippen LogP contribution in [0.2, 0.25) is 10.0 Å². The predicted molar refractivity (Wildman–Crippen MR) is 86.5 cm³/mol. The Hall–Kier alpha value is -0.860. The molecule has 1 saturated heterocycles. The van der Waals surface area contributed by atoms with E-state index >= 15 is 0 Å². The maximum atomic E-state index is 12.6. The minimum Gasteiger partial charge on any atom is -0.464 e. The molecule has 3 rings (SSSR count). The van der Waals surface area contributed by atoms with Gasteiger partial charge in [-0.1, -0.05) is 34.5 Å². The van der Waals surface area contributed by atoms with Crippen LogP contribution in [0.25, 0.3) is 0 Å². The van der Waals surface area contributed by atoms with Crippen LogP contribution in [0, 0.1) is 6.92 Å². The van der Waals surface area contributed by atoms with Crippen LogP contribution in [0.15, 0.2) is 28.6 Å². The summed E-state index contributed by atoms with van der Waals surface area (Å²) in [6.07, 6.45) is 1.46. The number of hydrogen-bond donors (Lipinski definition) is 0. The number of aryl methyl sites for hydroxylation is 1. The molecule has 1 aliphatic heterocycles. The fourth-order valence-corrected chi connectivity index (χ4v) is 4.91. The third-order valence-corrected chi connectivity index (χ3v) is 6.69. The molecule has 2 heterocycles. The van der Waals surface area contributed by atoms with Crippen molar-refractivity contribution in [1.29, 1.82) is 0 Å². The van der Waals surface area contributed by atoms with Crippen LogP contribution in [-0.2, 0) is 10.0 Å². The van der Waals surface area contributed by atoms with E-state index in [-0.39, 0.29) is 29.1 Å². The lowest BCUT2D eigenvalue weighted by molar-refractivity contribution is 0.0759. The second-order valence-corrected chi connectivity index (χ2v) is 8.47. The molecule has 9 heteroatoms. The zero-order valence-electron chi connectivity index (χ0n) is 11.5. The van der Waals surface area contributed by atoms with Crippen molar-refractivity contribution in [1.82, 2.24) is 9.29 Å². The molecule has 0 amide bonds. The van der Waals surface area contributed by atoms with Crippen molar-refractivity contribution in [2.45, 2.75) is 17.9 Å². The minimum absolute atomic E-state index is 0.0729. The van der Waals surface area contributed by atoms with Crippen LogP contribution < -0.4 is 4.74 Å². The molecule has 5 nitrogen and oxygen atoms in total. The minimum atomic E-state index is -3.64. The molecule has 0 unspecified atom stereocenters. The number of rotatable bonds is 4. The Morgan fingerprint density at radius 2 is 2.05 bits per heavy atom. The molecule has 1 aliphatic rings. The maximum Gasteiger partial charge on any atom is 0.273 e. The third-order valence-electron chi connectivity index (χ3n) is 3.32. The van der Waals surface area contributed by atoms with Crippen molar-refractivity contribution in [3.05, 3.63) is 39.3 Å². The highest BCUT2D eigenvalue weighted by Gasteiger charge is 2.39. The Kier molecular flexibility index (Phi) is 4.35. The summed E-state index contributed by atoms with van der Waals surface area (Å²) in [5.74, 6) is 0. The summed E-state index contributed by atoms with van der Waals surface area (Å²) in [5.41, 5.74) is 0.667. The molecule has 2 aromatic rings. The smallest absolute Gasteiger partial charge is 0.273 e. The van der Waals surface area contributed by atoms with Crippen molar-refractivity contribution in [2.24, 2.45) is 0 Å². The first-order chi connectivity index (χ1) is 10.4. The molecule has 1 aromatic carbocycles. The van der Waals surface area contributed by atoms with Gasteiger partial charge in [-0.2, -0.15) is 4.31 Å². The van der Waals surface area contributed by atoms with Gasteiger partial charge in [0.25, 0.3) is 5.19 Å². The Morgan fingerprint density at radius 3 is 2.68 bits per heavy atom. The van der Waals surface area contributed by atoms with Gasteiger partial charge < -0.3 is 4.74 Å². The zero-order valence-corrected chi connectivity index (χ0v) is 14.6. The Bertz CT molecular complexity index is 788. The van der Waals surface area contributed by atoms with E-state index in [1.165, 1.54) is 27.8 Å². The number of thiazole rings is 1. The number of aromatic nitrogens is 1. The second-order valence-electron chi connectivity index (χ2n) is 4.89. The Morgan fingerprint density at radius 1 is 1.32 bits per heavy atom. The van der Waals surface area contributed by atoms with E-state index in [9.17, 15) is 8.42 Å². The lowest BCUT2D eigenvalue weighted by atomic mass is 10.2. The van der Waals surface area contributed by atoms with E-state index in [2.05, 4.69) is 4.98 Å². The van der Waals surface area contributed by atoms with Crippen molar-refractivity contribution in [3.63, 3.8) is 0 Å². The van der Waals surface area contributed by atoms with E-state index in [1.807, 2.05) is 0 Å². The predicted octanol–water partition coefficient (Wildman–Crippen LogP) is 3.21. The molecule has 22 heavy (non-hydrogen) atoms. The van der Waals surface area contributed by atoms with Gasteiger partial charge in [0.2, 0.25) is 10.0 Å². The average molecular weight is 379 g/mol. The van der Waals surface area contributed by atoms with E-state index in [1.54, 1.807) is 18.5 Å². The standard InChI is InChI=1S/C13H12Cl2N2O3S2/c1-8-4-12(11(15)5-10(8)14)22(18,19)17-6-9(7-17)20-13-16-2-3-21-13/h2-5,9H,6-7H2,1H3. The maximum absolute atomic E-state index is 12.6. The normalized spacial score (nSPS) is 16.5. The molecule has 0 saturated carbocycles. The summed E-state index contributed by atoms with van der Waals surface area (Å²) in [5, 5.41) is 2.92. The van der Waals surface area contributed by atoms with Crippen LogP contribution in [0.1, 0.15) is 5.56 Å². The lowest BCUT2D eigenvalue weighted by Crippen LogP contribution is -2.56. The van der Waals surface area contributed by atoms with Gasteiger partial charge in [0.15, 0.2) is 0 Å². The average Bonchev–Trinajstić information content (AvgIpc) is 2.90. The first-order valence-corrected chi connectivity index (χ1v) is 9.47. The molecular weight excluding hydrogens is 367 g/mol. The Labute approximate surface area is 142 Å². The molecule has 0 N–H and O–H groups in total. The number of halogens is 2. The zero-order chi connectivity index (χ0) is 15.9. The van der Waals surface area contributed by atoms with Crippen molar-refractivity contribution < 1.29 is 13.2 Å². The molecule has 0 atom stereocenters. The van der Waals surface area contributed by atoms with Gasteiger partial charge in [-0.15, -0.1) is 0 Å². The first kappa shape index (κ1) is 16.0. The highest BCUT2D eigenvalue weighted by atomic mass is 35.5. The first-order valence-electron chi connectivity index (χ1n) is 6.40. The van der Waals surface area contributed by atoms with E-state index in [0.717, 1.165) is 0 Å². The largest absolute Gasteiger partial charge is 0.464 e. The van der Waals surface area contributed by atoms with Crippen LogP contribution in [0.5, 0.6) is 5.19 Å². The summed E-state index contributed by atoms with van der Waals surface area (Å²) in [7, 11) is -3.64. The topological polar surface area (TPSA) is 59.5 Å². The monoisotopic (exact) mass is 378 g/mol. The van der Waals surface area contributed by atoms with E-state index < -0.39 is 10.0 Å². The van der Waals surface area contributed by atoms with Gasteiger partial charge in [0.05, 0.1) is 18.1 Å². The molecule has 1 aromatic heterocycles. The van der Waals surface area contributed by atoms with Crippen molar-refractivity contribution in [3.8, 4) is 5.19 Å². The highest BCUT2D eigenvalue weighted by molar-refractivity contribution is 7.89. The number of benzene rings is 1. The molecule has 0 spiro atoms. The highest BCUT2D eigenvalue weighted by Crippen LogP contribution is 2.32. The van der Waals surface area contributed by atoms with Gasteiger partial charge in [0, 0.05) is 16.6 Å². The quantitative estimate of drug-likeness (QED) is 0.819. The summed E-state index contributed by atoms with van der Waals surface area (Å²) in [6.45, 7) is 2.29. The summed E-state index contributed by atoms with van der Waals surface area (Å²) in [4.78, 5) is 4.08. The Balaban J connectivity index is 1.74. The van der Waals surface area contributed by atoms with Crippen LogP contribution in [-0.4, -0.2) is 36.9 Å². The number of ether oxygens (including phenoxy) is 1. The van der Waals surface area contributed by atoms with Gasteiger partial charge in [0.1, 0.15) is 11.0 Å². The third kappa shape index (κ3) is 2.96. The summed E-state index contributed by atoms with van der Waals surface area (Å²) < 4.78 is 32.1. The lowest BCUT2D eigenvalue weighted by Gasteiger charge is -2.37.